The van der Waals surface area contributed by atoms with Crippen LogP contribution in [0.2, 0.25) is 0 Å². The number of carbonyl (C=O) groups excluding carboxylic acids is 2. The molecule has 156 valence electrons. The summed E-state index contributed by atoms with van der Waals surface area (Å²) in [5.74, 6) is 1.58. The van der Waals surface area contributed by atoms with E-state index in [1.807, 2.05) is 37.3 Å². The van der Waals surface area contributed by atoms with Gasteiger partial charge in [-0.2, -0.15) is 0 Å². The number of aromatic nitrogens is 1. The van der Waals surface area contributed by atoms with Gasteiger partial charge in [-0.15, -0.1) is 11.8 Å². The second-order valence-corrected chi connectivity index (χ2v) is 9.61. The molecule has 0 aromatic carbocycles. The lowest BCUT2D eigenvalue weighted by molar-refractivity contribution is -0.133. The summed E-state index contributed by atoms with van der Waals surface area (Å²) in [5.41, 5.74) is 1.18. The number of carbonyl (C=O) groups is 2. The summed E-state index contributed by atoms with van der Waals surface area (Å²) in [4.78, 5) is 33.0. The van der Waals surface area contributed by atoms with Crippen molar-refractivity contribution in [3.05, 3.63) is 30.1 Å². The molecule has 0 bridgehead atoms. The smallest absolute Gasteiger partial charge is 0.232 e. The van der Waals surface area contributed by atoms with Crippen LogP contribution >= 0.6 is 11.8 Å². The first kappa shape index (κ1) is 22.7. The van der Waals surface area contributed by atoms with E-state index in [2.05, 4.69) is 29.0 Å². The highest BCUT2D eigenvalue weighted by molar-refractivity contribution is 7.99. The number of hydrogen-bond acceptors (Lipinski definition) is 5. The van der Waals surface area contributed by atoms with Crippen LogP contribution in [-0.4, -0.2) is 72.6 Å². The van der Waals surface area contributed by atoms with E-state index in [1.165, 1.54) is 0 Å². The van der Waals surface area contributed by atoms with Gasteiger partial charge < -0.3 is 15.1 Å². The quantitative estimate of drug-likeness (QED) is 0.681. The Kier molecular flexibility index (Phi) is 8.76. The minimum atomic E-state index is 0.0160. The van der Waals surface area contributed by atoms with Crippen LogP contribution in [0.25, 0.3) is 0 Å². The molecule has 7 heteroatoms. The molecule has 2 heterocycles. The number of nitrogens with zero attached hydrogens (tertiary/aromatic N) is 3. The van der Waals surface area contributed by atoms with E-state index in [-0.39, 0.29) is 23.1 Å². The highest BCUT2D eigenvalue weighted by Crippen LogP contribution is 2.20. The van der Waals surface area contributed by atoms with E-state index in [1.54, 1.807) is 18.0 Å². The topological polar surface area (TPSA) is 65.5 Å². The zero-order valence-electron chi connectivity index (χ0n) is 17.6. The van der Waals surface area contributed by atoms with E-state index in [9.17, 15) is 9.59 Å². The molecule has 1 aliphatic heterocycles. The highest BCUT2D eigenvalue weighted by Gasteiger charge is 2.28. The molecule has 1 aromatic rings. The minimum absolute atomic E-state index is 0.0160. The van der Waals surface area contributed by atoms with Crippen LogP contribution < -0.4 is 5.32 Å². The maximum absolute atomic E-state index is 12.5. The number of pyridine rings is 1. The Balaban J connectivity index is 1.67. The first-order valence-electron chi connectivity index (χ1n) is 9.94. The third kappa shape index (κ3) is 7.80. The van der Waals surface area contributed by atoms with Gasteiger partial charge >= 0.3 is 0 Å². The van der Waals surface area contributed by atoms with Gasteiger partial charge in [-0.3, -0.25) is 14.6 Å². The molecule has 0 radical (unpaired) electrons. The molecule has 1 N–H and O–H groups in total. The average Bonchev–Trinajstić information content (AvgIpc) is 2.66. The molecule has 6 nitrogen and oxygen atoms in total. The molecule has 0 atom stereocenters. The fourth-order valence-electron chi connectivity index (χ4n) is 3.60. The second-order valence-electron chi connectivity index (χ2n) is 8.63. The van der Waals surface area contributed by atoms with Crippen LogP contribution in [0.15, 0.2) is 24.5 Å². The SMILES string of the molecule is CN(C)CC(C)(C)CNC(=O)C1CCN(C(=O)CSCc2cccnc2)CC1. The predicted molar refractivity (Wildman–Crippen MR) is 115 cm³/mol. The summed E-state index contributed by atoms with van der Waals surface area (Å²) in [6, 6.07) is 3.93. The van der Waals surface area contributed by atoms with Crippen molar-refractivity contribution in [2.75, 3.05) is 46.0 Å². The van der Waals surface area contributed by atoms with Gasteiger partial charge in [-0.1, -0.05) is 19.9 Å². The van der Waals surface area contributed by atoms with Gasteiger partial charge in [0.1, 0.15) is 0 Å². The monoisotopic (exact) mass is 406 g/mol. The van der Waals surface area contributed by atoms with Gasteiger partial charge in [0.15, 0.2) is 0 Å². The third-order valence-electron chi connectivity index (χ3n) is 4.92. The van der Waals surface area contributed by atoms with Crippen LogP contribution in [0, 0.1) is 11.3 Å². The standard InChI is InChI=1S/C21H34N4O2S/c1-21(2,16-24(3)4)15-23-20(27)18-7-10-25(11-8-18)19(26)14-28-13-17-6-5-9-22-12-17/h5-6,9,12,18H,7-8,10-11,13-16H2,1-4H3,(H,23,27). The number of rotatable bonds is 9. The van der Waals surface area contributed by atoms with Gasteiger partial charge in [-0.05, 0) is 44.0 Å². The van der Waals surface area contributed by atoms with Gasteiger partial charge in [0, 0.05) is 50.2 Å². The lowest BCUT2D eigenvalue weighted by atomic mass is 9.91. The van der Waals surface area contributed by atoms with Crippen LogP contribution in [-0.2, 0) is 15.3 Å². The zero-order chi connectivity index (χ0) is 20.6. The fourth-order valence-corrected chi connectivity index (χ4v) is 4.47. The number of amides is 2. The molecular weight excluding hydrogens is 372 g/mol. The van der Waals surface area contributed by atoms with Crippen molar-refractivity contribution in [1.82, 2.24) is 20.1 Å². The molecule has 0 unspecified atom stereocenters. The Morgan fingerprint density at radius 1 is 1.32 bits per heavy atom. The Labute approximate surface area is 173 Å². The van der Waals surface area contributed by atoms with Gasteiger partial charge in [0.05, 0.1) is 5.75 Å². The number of piperidine rings is 1. The molecular formula is C21H34N4O2S. The maximum atomic E-state index is 12.5. The molecule has 1 aliphatic rings. The summed E-state index contributed by atoms with van der Waals surface area (Å²) in [7, 11) is 4.09. The molecule has 1 saturated heterocycles. The largest absolute Gasteiger partial charge is 0.355 e. The zero-order valence-corrected chi connectivity index (χ0v) is 18.4. The van der Waals surface area contributed by atoms with Crippen molar-refractivity contribution >= 4 is 23.6 Å². The number of likely N-dealkylation sites (tertiary alicyclic amines) is 1. The summed E-state index contributed by atoms with van der Waals surface area (Å²) in [6.07, 6.45) is 5.09. The average molecular weight is 407 g/mol. The molecule has 2 rings (SSSR count). The van der Waals surface area contributed by atoms with Crippen molar-refractivity contribution in [2.45, 2.75) is 32.4 Å². The van der Waals surface area contributed by atoms with Crippen molar-refractivity contribution in [1.29, 1.82) is 0 Å². The molecule has 0 aliphatic carbocycles. The fraction of sp³-hybridized carbons (Fsp3) is 0.667. The molecule has 0 spiro atoms. The van der Waals surface area contributed by atoms with Crippen molar-refractivity contribution in [2.24, 2.45) is 11.3 Å². The highest BCUT2D eigenvalue weighted by atomic mass is 32.2. The normalized spacial score (nSPS) is 15.7. The third-order valence-corrected chi connectivity index (χ3v) is 5.91. The summed E-state index contributed by atoms with van der Waals surface area (Å²) in [5, 5.41) is 3.12. The van der Waals surface area contributed by atoms with Crippen LogP contribution in [0.5, 0.6) is 0 Å². The molecule has 1 fully saturated rings. The van der Waals surface area contributed by atoms with E-state index in [0.717, 1.165) is 30.7 Å². The minimum Gasteiger partial charge on any atom is -0.355 e. The molecule has 2 amide bonds. The summed E-state index contributed by atoms with van der Waals surface area (Å²) < 4.78 is 0. The Morgan fingerprint density at radius 2 is 2.04 bits per heavy atom. The van der Waals surface area contributed by atoms with Gasteiger partial charge in [0.2, 0.25) is 11.8 Å². The number of thioether (sulfide) groups is 1. The van der Waals surface area contributed by atoms with Gasteiger partial charge in [0.25, 0.3) is 0 Å². The van der Waals surface area contributed by atoms with Crippen molar-refractivity contribution in [3.8, 4) is 0 Å². The Bertz CT molecular complexity index is 629. The predicted octanol–water partition coefficient (Wildman–Crippen LogP) is 2.26. The van der Waals surface area contributed by atoms with Crippen LogP contribution in [0.4, 0.5) is 0 Å². The van der Waals surface area contributed by atoms with Crippen molar-refractivity contribution < 1.29 is 9.59 Å². The molecule has 1 aromatic heterocycles. The van der Waals surface area contributed by atoms with E-state index in [0.29, 0.717) is 25.4 Å². The second kappa shape index (κ2) is 10.8. The first-order chi connectivity index (χ1) is 13.3. The lowest BCUT2D eigenvalue weighted by Crippen LogP contribution is -2.46. The Morgan fingerprint density at radius 3 is 2.64 bits per heavy atom. The first-order valence-corrected chi connectivity index (χ1v) is 11.1. The number of hydrogen-bond donors (Lipinski definition) is 1. The van der Waals surface area contributed by atoms with E-state index < -0.39 is 0 Å². The number of nitrogens with one attached hydrogen (secondary N) is 1. The molecule has 28 heavy (non-hydrogen) atoms. The van der Waals surface area contributed by atoms with Gasteiger partial charge in [-0.25, -0.2) is 0 Å². The molecule has 0 saturated carbocycles. The van der Waals surface area contributed by atoms with Crippen molar-refractivity contribution in [3.63, 3.8) is 0 Å². The van der Waals surface area contributed by atoms with Crippen LogP contribution in [0.3, 0.4) is 0 Å². The summed E-state index contributed by atoms with van der Waals surface area (Å²) >= 11 is 1.62. The Hall–Kier alpha value is -1.60. The van der Waals surface area contributed by atoms with E-state index >= 15 is 0 Å². The van der Waals surface area contributed by atoms with Crippen LogP contribution in [0.1, 0.15) is 32.3 Å². The van der Waals surface area contributed by atoms with E-state index in [4.69, 9.17) is 0 Å². The summed E-state index contributed by atoms with van der Waals surface area (Å²) in [6.45, 7) is 7.28. The lowest BCUT2D eigenvalue weighted by Gasteiger charge is -2.33. The maximum Gasteiger partial charge on any atom is 0.232 e.